The zero-order valence-electron chi connectivity index (χ0n) is 10.6. The van der Waals surface area contributed by atoms with Crippen LogP contribution in [-0.4, -0.2) is 41.3 Å². The van der Waals surface area contributed by atoms with Crippen molar-refractivity contribution in [3.05, 3.63) is 18.0 Å². The molecule has 5 nitrogen and oxygen atoms in total. The summed E-state index contributed by atoms with van der Waals surface area (Å²) in [6, 6.07) is 1.62. The van der Waals surface area contributed by atoms with Crippen LogP contribution >= 0.6 is 11.8 Å². The first-order valence-electron chi connectivity index (χ1n) is 5.87. The molecule has 1 fully saturated rings. The molecule has 2 rings (SSSR count). The van der Waals surface area contributed by atoms with Gasteiger partial charge in [-0.05, 0) is 19.9 Å². The number of nitrogens with two attached hydrogens (primary N) is 1. The summed E-state index contributed by atoms with van der Waals surface area (Å²) in [5.74, 6) is 0.834. The molecule has 102 valence electrons. The van der Waals surface area contributed by atoms with Crippen LogP contribution in [0.5, 0.6) is 0 Å². The number of aromatic amines is 1. The Kier molecular flexibility index (Phi) is 3.77. The first-order valence-corrected chi connectivity index (χ1v) is 8.29. The van der Waals surface area contributed by atoms with Gasteiger partial charge < -0.3 is 10.7 Å². The molecule has 3 N–H and O–H groups in total. The van der Waals surface area contributed by atoms with Crippen molar-refractivity contribution in [3.8, 4) is 0 Å². The topological polar surface area (TPSA) is 79.2 Å². The van der Waals surface area contributed by atoms with Crippen molar-refractivity contribution in [1.29, 1.82) is 0 Å². The second kappa shape index (κ2) is 4.88. The molecule has 1 saturated heterocycles. The van der Waals surface area contributed by atoms with E-state index in [2.05, 4.69) is 18.8 Å². The third kappa shape index (κ3) is 2.74. The molecular weight excluding hydrogens is 270 g/mol. The molecule has 18 heavy (non-hydrogen) atoms. The molecule has 1 aromatic rings. The molecule has 0 bridgehead atoms. The summed E-state index contributed by atoms with van der Waals surface area (Å²) in [6.07, 6.45) is 1.52. The third-order valence-electron chi connectivity index (χ3n) is 2.96. The van der Waals surface area contributed by atoms with E-state index in [1.54, 1.807) is 10.4 Å². The van der Waals surface area contributed by atoms with Crippen LogP contribution in [0.3, 0.4) is 0 Å². The highest BCUT2D eigenvalue weighted by atomic mass is 32.2. The van der Waals surface area contributed by atoms with E-state index in [9.17, 15) is 8.42 Å². The first-order chi connectivity index (χ1) is 8.35. The maximum absolute atomic E-state index is 12.5. The summed E-state index contributed by atoms with van der Waals surface area (Å²) in [5.41, 5.74) is 6.22. The predicted molar refractivity (Wildman–Crippen MR) is 74.0 cm³/mol. The van der Waals surface area contributed by atoms with Crippen molar-refractivity contribution >= 4 is 21.8 Å². The lowest BCUT2D eigenvalue weighted by Crippen LogP contribution is -2.45. The molecule has 1 aromatic heterocycles. The van der Waals surface area contributed by atoms with Crippen LogP contribution in [0.25, 0.3) is 0 Å². The molecule has 7 heteroatoms. The fourth-order valence-corrected chi connectivity index (χ4v) is 4.94. The van der Waals surface area contributed by atoms with Gasteiger partial charge in [0.05, 0.1) is 4.90 Å². The average molecular weight is 289 g/mol. The van der Waals surface area contributed by atoms with Gasteiger partial charge >= 0.3 is 0 Å². The van der Waals surface area contributed by atoms with E-state index in [0.29, 0.717) is 24.5 Å². The van der Waals surface area contributed by atoms with Crippen molar-refractivity contribution in [2.24, 2.45) is 5.73 Å². The van der Waals surface area contributed by atoms with E-state index in [1.807, 2.05) is 11.8 Å². The van der Waals surface area contributed by atoms with Crippen LogP contribution in [0.2, 0.25) is 0 Å². The molecule has 0 aromatic carbocycles. The van der Waals surface area contributed by atoms with E-state index >= 15 is 0 Å². The van der Waals surface area contributed by atoms with Gasteiger partial charge in [-0.15, -0.1) is 0 Å². The van der Waals surface area contributed by atoms with Gasteiger partial charge in [-0.1, -0.05) is 0 Å². The van der Waals surface area contributed by atoms with Gasteiger partial charge in [-0.2, -0.15) is 16.1 Å². The Balaban J connectivity index is 2.25. The molecule has 1 aliphatic rings. The van der Waals surface area contributed by atoms with Crippen molar-refractivity contribution in [2.75, 3.05) is 18.8 Å². The number of aromatic nitrogens is 1. The van der Waals surface area contributed by atoms with Crippen molar-refractivity contribution in [2.45, 2.75) is 30.0 Å². The largest absolute Gasteiger partial charge is 0.363 e. The maximum atomic E-state index is 12.5. The van der Waals surface area contributed by atoms with Crippen LogP contribution in [0, 0.1) is 0 Å². The zero-order chi connectivity index (χ0) is 13.4. The Morgan fingerprint density at radius 2 is 2.28 bits per heavy atom. The summed E-state index contributed by atoms with van der Waals surface area (Å²) in [7, 11) is -3.39. The van der Waals surface area contributed by atoms with E-state index in [-0.39, 0.29) is 4.75 Å². The maximum Gasteiger partial charge on any atom is 0.244 e. The summed E-state index contributed by atoms with van der Waals surface area (Å²) in [4.78, 5) is 3.20. The van der Waals surface area contributed by atoms with Gasteiger partial charge in [-0.3, -0.25) is 0 Å². The SMILES string of the molecule is CC1(C)CN(S(=O)(=O)c2c[nH]c(CN)c2)CCS1. The minimum absolute atomic E-state index is 0.0294. The van der Waals surface area contributed by atoms with Crippen LogP contribution in [0.4, 0.5) is 0 Å². The highest BCUT2D eigenvalue weighted by molar-refractivity contribution is 8.00. The van der Waals surface area contributed by atoms with Crippen LogP contribution in [0.1, 0.15) is 19.5 Å². The molecule has 2 heterocycles. The van der Waals surface area contributed by atoms with Crippen molar-refractivity contribution in [1.82, 2.24) is 9.29 Å². The number of hydrogen-bond acceptors (Lipinski definition) is 4. The summed E-state index contributed by atoms with van der Waals surface area (Å²) in [5, 5.41) is 0. The molecule has 0 atom stereocenters. The van der Waals surface area contributed by atoms with Gasteiger partial charge in [0.25, 0.3) is 0 Å². The Labute approximate surface area is 112 Å². The van der Waals surface area contributed by atoms with E-state index in [4.69, 9.17) is 5.73 Å². The molecule has 0 amide bonds. The molecule has 0 saturated carbocycles. The number of nitrogens with zero attached hydrogens (tertiary/aromatic N) is 1. The van der Waals surface area contributed by atoms with Crippen LogP contribution < -0.4 is 5.73 Å². The molecule has 1 aliphatic heterocycles. The Hall–Kier alpha value is -0.500. The number of H-pyrrole nitrogens is 1. The van der Waals surface area contributed by atoms with Crippen molar-refractivity contribution < 1.29 is 8.42 Å². The lowest BCUT2D eigenvalue weighted by atomic mass is 10.2. The summed E-state index contributed by atoms with van der Waals surface area (Å²) in [6.45, 7) is 5.57. The van der Waals surface area contributed by atoms with Crippen molar-refractivity contribution in [3.63, 3.8) is 0 Å². The molecule has 0 radical (unpaired) electrons. The minimum Gasteiger partial charge on any atom is -0.363 e. The number of rotatable bonds is 3. The van der Waals surface area contributed by atoms with Gasteiger partial charge in [0.1, 0.15) is 0 Å². The lowest BCUT2D eigenvalue weighted by Gasteiger charge is -2.36. The number of hydrogen-bond donors (Lipinski definition) is 2. The zero-order valence-corrected chi connectivity index (χ0v) is 12.3. The molecule has 0 unspecified atom stereocenters. The number of sulfonamides is 1. The second-order valence-electron chi connectivity index (χ2n) is 5.01. The minimum atomic E-state index is -3.39. The van der Waals surface area contributed by atoms with Gasteiger partial charge in [0, 0.05) is 42.0 Å². The highest BCUT2D eigenvalue weighted by Crippen LogP contribution is 2.32. The fourth-order valence-electron chi connectivity index (χ4n) is 2.01. The number of thioether (sulfide) groups is 1. The Morgan fingerprint density at radius 3 is 2.83 bits per heavy atom. The summed E-state index contributed by atoms with van der Waals surface area (Å²) >= 11 is 1.81. The molecular formula is C11H19N3O2S2. The van der Waals surface area contributed by atoms with Gasteiger partial charge in [0.15, 0.2) is 0 Å². The Morgan fingerprint density at radius 1 is 1.56 bits per heavy atom. The van der Waals surface area contributed by atoms with E-state index in [1.165, 1.54) is 6.20 Å². The monoisotopic (exact) mass is 289 g/mol. The summed E-state index contributed by atoms with van der Waals surface area (Å²) < 4.78 is 26.5. The first kappa shape index (κ1) is 13.9. The predicted octanol–water partition coefficient (Wildman–Crippen LogP) is 0.990. The van der Waals surface area contributed by atoms with Gasteiger partial charge in [0.2, 0.25) is 10.0 Å². The average Bonchev–Trinajstić information content (AvgIpc) is 2.76. The smallest absolute Gasteiger partial charge is 0.244 e. The Bertz CT molecular complexity index is 522. The van der Waals surface area contributed by atoms with E-state index < -0.39 is 10.0 Å². The van der Waals surface area contributed by atoms with Crippen LogP contribution in [0.15, 0.2) is 17.2 Å². The lowest BCUT2D eigenvalue weighted by molar-refractivity contribution is 0.387. The van der Waals surface area contributed by atoms with E-state index in [0.717, 1.165) is 11.4 Å². The normalized spacial score (nSPS) is 21.1. The fraction of sp³-hybridized carbons (Fsp3) is 0.636. The quantitative estimate of drug-likeness (QED) is 0.869. The van der Waals surface area contributed by atoms with Crippen LogP contribution in [-0.2, 0) is 16.6 Å². The molecule has 0 spiro atoms. The second-order valence-corrected chi connectivity index (χ2v) is 8.75. The third-order valence-corrected chi connectivity index (χ3v) is 6.08. The van der Waals surface area contributed by atoms with Gasteiger partial charge in [-0.25, -0.2) is 8.42 Å². The standard InChI is InChI=1S/C11H19N3O2S2/c1-11(2)8-14(3-4-17-11)18(15,16)10-5-9(6-12)13-7-10/h5,7,13H,3-4,6,8,12H2,1-2H3. The number of nitrogens with one attached hydrogen (secondary N) is 1. The highest BCUT2D eigenvalue weighted by Gasteiger charge is 2.34. The molecule has 0 aliphatic carbocycles.